The van der Waals surface area contributed by atoms with E-state index in [1.807, 2.05) is 30.3 Å². The minimum atomic E-state index is -0.794. The molecule has 4 rings (SSSR count). The van der Waals surface area contributed by atoms with Gasteiger partial charge in [0.2, 0.25) is 0 Å². The summed E-state index contributed by atoms with van der Waals surface area (Å²) < 4.78 is 5.19. The Hall–Kier alpha value is -2.66. The number of hydrogen-bond acceptors (Lipinski definition) is 5. The highest BCUT2D eigenvalue weighted by molar-refractivity contribution is 6.04. The lowest BCUT2D eigenvalue weighted by Crippen LogP contribution is -2.55. The van der Waals surface area contributed by atoms with Gasteiger partial charge in [-0.3, -0.25) is 4.79 Å². The van der Waals surface area contributed by atoms with Crippen molar-refractivity contribution in [2.24, 2.45) is 5.92 Å². The fourth-order valence-electron chi connectivity index (χ4n) is 4.30. The Morgan fingerprint density at radius 2 is 1.70 bits per heavy atom. The number of ketones is 1. The first kappa shape index (κ1) is 20.6. The van der Waals surface area contributed by atoms with Crippen molar-refractivity contribution in [3.63, 3.8) is 0 Å². The van der Waals surface area contributed by atoms with Gasteiger partial charge in [0, 0.05) is 36.8 Å². The van der Waals surface area contributed by atoms with Crippen LogP contribution in [0.1, 0.15) is 41.6 Å². The van der Waals surface area contributed by atoms with Gasteiger partial charge in [-0.2, -0.15) is 0 Å². The number of hydrogen-bond donors (Lipinski definition) is 1. The van der Waals surface area contributed by atoms with E-state index in [1.54, 1.807) is 0 Å². The third-order valence-corrected chi connectivity index (χ3v) is 6.36. The van der Waals surface area contributed by atoms with Gasteiger partial charge in [0.1, 0.15) is 5.54 Å². The molecule has 2 aromatic carbocycles. The van der Waals surface area contributed by atoms with Crippen molar-refractivity contribution in [1.29, 1.82) is 0 Å². The van der Waals surface area contributed by atoms with Crippen molar-refractivity contribution in [2.75, 3.05) is 32.1 Å². The predicted octanol–water partition coefficient (Wildman–Crippen LogP) is 3.94. The Bertz CT molecular complexity index is 884. The molecular weight excluding hydrogens is 376 g/mol. The van der Waals surface area contributed by atoms with E-state index in [0.29, 0.717) is 18.4 Å². The number of anilines is 1. The van der Waals surface area contributed by atoms with E-state index in [9.17, 15) is 9.59 Å². The summed E-state index contributed by atoms with van der Waals surface area (Å²) >= 11 is 0. The van der Waals surface area contributed by atoms with Gasteiger partial charge in [-0.05, 0) is 49.8 Å². The number of piperidine rings is 1. The van der Waals surface area contributed by atoms with Crippen LogP contribution in [-0.2, 0) is 16.0 Å². The maximum absolute atomic E-state index is 12.8. The van der Waals surface area contributed by atoms with Gasteiger partial charge in [-0.1, -0.05) is 42.5 Å². The van der Waals surface area contributed by atoms with Crippen molar-refractivity contribution in [1.82, 2.24) is 4.90 Å². The number of benzene rings is 2. The third-order valence-electron chi connectivity index (χ3n) is 6.36. The highest BCUT2D eigenvalue weighted by Crippen LogP contribution is 2.36. The lowest BCUT2D eigenvalue weighted by atomic mass is 9.86. The number of carbonyl (C=O) groups is 2. The molecule has 0 unspecified atom stereocenters. The van der Waals surface area contributed by atoms with Crippen LogP contribution in [0.3, 0.4) is 0 Å². The van der Waals surface area contributed by atoms with E-state index in [4.69, 9.17) is 4.74 Å². The number of para-hydroxylation sites is 1. The lowest BCUT2D eigenvalue weighted by Gasteiger charge is -2.41. The van der Waals surface area contributed by atoms with Crippen molar-refractivity contribution >= 4 is 17.4 Å². The summed E-state index contributed by atoms with van der Waals surface area (Å²) in [5, 5.41) is 3.45. The van der Waals surface area contributed by atoms with E-state index in [0.717, 1.165) is 44.6 Å². The van der Waals surface area contributed by atoms with Gasteiger partial charge in [-0.25, -0.2) is 4.79 Å². The summed E-state index contributed by atoms with van der Waals surface area (Å²) in [6.07, 6.45) is 4.23. The van der Waals surface area contributed by atoms with E-state index < -0.39 is 5.54 Å². The number of esters is 1. The molecule has 158 valence electrons. The zero-order chi connectivity index (χ0) is 21.0. The molecule has 0 spiro atoms. The van der Waals surface area contributed by atoms with Gasteiger partial charge in [-0.15, -0.1) is 0 Å². The van der Waals surface area contributed by atoms with E-state index in [2.05, 4.69) is 34.5 Å². The molecular formula is C25H30N2O3. The number of rotatable bonds is 8. The zero-order valence-corrected chi connectivity index (χ0v) is 17.6. The first-order chi connectivity index (χ1) is 14.6. The van der Waals surface area contributed by atoms with Crippen LogP contribution in [0, 0.1) is 5.92 Å². The SMILES string of the molecule is COC(=O)C1(Nc2ccccc2C(=O)C2CC2)CCN(CCc2ccccc2)CC1. The summed E-state index contributed by atoms with van der Waals surface area (Å²) in [5.41, 5.74) is 1.97. The average molecular weight is 407 g/mol. The zero-order valence-electron chi connectivity index (χ0n) is 17.6. The van der Waals surface area contributed by atoms with Crippen LogP contribution < -0.4 is 5.32 Å². The molecule has 1 saturated carbocycles. The number of methoxy groups -OCH3 is 1. The molecule has 5 heteroatoms. The number of Topliss-reactive ketones (excluding diaryl/α,β-unsaturated/α-hetero) is 1. The Morgan fingerprint density at radius 3 is 2.37 bits per heavy atom. The molecule has 0 bridgehead atoms. The fraction of sp³-hybridized carbons (Fsp3) is 0.440. The molecule has 2 aromatic rings. The van der Waals surface area contributed by atoms with Crippen LogP contribution in [-0.4, -0.2) is 48.9 Å². The molecule has 30 heavy (non-hydrogen) atoms. The van der Waals surface area contributed by atoms with Crippen LogP contribution in [0.5, 0.6) is 0 Å². The second-order valence-electron chi connectivity index (χ2n) is 8.46. The molecule has 1 N–H and O–H groups in total. The average Bonchev–Trinajstić information content (AvgIpc) is 3.64. The summed E-state index contributed by atoms with van der Waals surface area (Å²) in [5.74, 6) is 0.0687. The number of nitrogens with zero attached hydrogens (tertiary/aromatic N) is 1. The summed E-state index contributed by atoms with van der Waals surface area (Å²) in [6.45, 7) is 2.60. The summed E-state index contributed by atoms with van der Waals surface area (Å²) in [7, 11) is 1.44. The second kappa shape index (κ2) is 9.00. The minimum absolute atomic E-state index is 0.141. The van der Waals surface area contributed by atoms with Crippen molar-refractivity contribution in [2.45, 2.75) is 37.6 Å². The maximum Gasteiger partial charge on any atom is 0.331 e. The van der Waals surface area contributed by atoms with Gasteiger partial charge >= 0.3 is 5.97 Å². The van der Waals surface area contributed by atoms with Crippen LogP contribution in [0.25, 0.3) is 0 Å². The molecule has 0 radical (unpaired) electrons. The second-order valence-corrected chi connectivity index (χ2v) is 8.46. The first-order valence-electron chi connectivity index (χ1n) is 10.9. The number of ether oxygens (including phenoxy) is 1. The van der Waals surface area contributed by atoms with Gasteiger partial charge in [0.05, 0.1) is 7.11 Å². The highest BCUT2D eigenvalue weighted by atomic mass is 16.5. The minimum Gasteiger partial charge on any atom is -0.467 e. The van der Waals surface area contributed by atoms with Crippen LogP contribution >= 0.6 is 0 Å². The Morgan fingerprint density at radius 1 is 1.03 bits per heavy atom. The van der Waals surface area contributed by atoms with E-state index in [-0.39, 0.29) is 17.7 Å². The Labute approximate surface area is 178 Å². The van der Waals surface area contributed by atoms with Crippen LogP contribution in [0.4, 0.5) is 5.69 Å². The molecule has 5 nitrogen and oxygen atoms in total. The number of likely N-dealkylation sites (tertiary alicyclic amines) is 1. The van der Waals surface area contributed by atoms with E-state index in [1.165, 1.54) is 12.7 Å². The summed E-state index contributed by atoms with van der Waals surface area (Å²) in [6, 6.07) is 18.0. The molecule has 1 aliphatic carbocycles. The molecule has 1 heterocycles. The van der Waals surface area contributed by atoms with Crippen molar-refractivity contribution in [3.8, 4) is 0 Å². The standard InChI is InChI=1S/C25H30N2O3/c1-30-24(29)25(26-22-10-6-5-9-21(22)23(28)20-11-12-20)14-17-27(18-15-25)16-13-19-7-3-2-4-8-19/h2-10,20,26H,11-18H2,1H3. The quantitative estimate of drug-likeness (QED) is 0.532. The van der Waals surface area contributed by atoms with E-state index >= 15 is 0 Å². The fourth-order valence-corrected chi connectivity index (χ4v) is 4.30. The number of nitrogens with one attached hydrogen (secondary N) is 1. The highest BCUT2D eigenvalue weighted by Gasteiger charge is 2.43. The smallest absolute Gasteiger partial charge is 0.331 e. The van der Waals surface area contributed by atoms with Crippen molar-refractivity contribution in [3.05, 3.63) is 65.7 Å². The third kappa shape index (κ3) is 4.57. The predicted molar refractivity (Wildman–Crippen MR) is 118 cm³/mol. The molecule has 0 atom stereocenters. The summed E-state index contributed by atoms with van der Waals surface area (Å²) in [4.78, 5) is 27.9. The van der Waals surface area contributed by atoms with Gasteiger partial charge in [0.15, 0.2) is 5.78 Å². The largest absolute Gasteiger partial charge is 0.467 e. The van der Waals surface area contributed by atoms with Crippen molar-refractivity contribution < 1.29 is 14.3 Å². The van der Waals surface area contributed by atoms with Gasteiger partial charge < -0.3 is 15.0 Å². The lowest BCUT2D eigenvalue weighted by molar-refractivity contribution is -0.147. The Balaban J connectivity index is 1.45. The monoisotopic (exact) mass is 406 g/mol. The normalized spacial score (nSPS) is 18.6. The van der Waals surface area contributed by atoms with Gasteiger partial charge in [0.25, 0.3) is 0 Å². The maximum atomic E-state index is 12.8. The van der Waals surface area contributed by atoms with Crippen LogP contribution in [0.15, 0.2) is 54.6 Å². The molecule has 2 fully saturated rings. The topological polar surface area (TPSA) is 58.6 Å². The molecule has 2 aliphatic rings. The number of carbonyl (C=O) groups excluding carboxylic acids is 2. The molecule has 1 saturated heterocycles. The molecule has 0 amide bonds. The molecule has 1 aliphatic heterocycles. The van der Waals surface area contributed by atoms with Crippen LogP contribution in [0.2, 0.25) is 0 Å². The Kier molecular flexibility index (Phi) is 6.18. The first-order valence-corrected chi connectivity index (χ1v) is 10.9. The molecule has 0 aromatic heterocycles.